The number of benzene rings is 3. The molecule has 1 spiro atoms. The van der Waals surface area contributed by atoms with Gasteiger partial charge in [0.05, 0.1) is 18.4 Å². The molecule has 0 saturated carbocycles. The van der Waals surface area contributed by atoms with Gasteiger partial charge in [0, 0.05) is 17.7 Å². The number of carbonyl (C=O) groups excluding carboxylic acids is 2. The minimum absolute atomic E-state index is 0.0572. The van der Waals surface area contributed by atoms with E-state index in [1.165, 1.54) is 0 Å². The van der Waals surface area contributed by atoms with E-state index in [-0.39, 0.29) is 18.2 Å². The topological polar surface area (TPSA) is 67.2 Å². The lowest BCUT2D eigenvalue weighted by Gasteiger charge is -2.32. The molecule has 0 radical (unpaired) electrons. The summed E-state index contributed by atoms with van der Waals surface area (Å²) < 4.78 is 1.70. The van der Waals surface area contributed by atoms with Gasteiger partial charge in [-0.1, -0.05) is 66.7 Å². The first kappa shape index (κ1) is 18.6. The zero-order valence-electron chi connectivity index (χ0n) is 17.2. The fourth-order valence-corrected chi connectivity index (χ4v) is 4.94. The molecule has 3 aromatic carbocycles. The first-order chi connectivity index (χ1) is 15.7. The Bertz CT molecular complexity index is 1350. The van der Waals surface area contributed by atoms with Gasteiger partial charge in [-0.05, 0) is 29.3 Å². The van der Waals surface area contributed by atoms with Crippen molar-refractivity contribution in [3.05, 3.63) is 108 Å². The third kappa shape index (κ3) is 2.56. The molecular weight excluding hydrogens is 400 g/mol. The molecule has 32 heavy (non-hydrogen) atoms. The van der Waals surface area contributed by atoms with E-state index in [0.29, 0.717) is 12.4 Å². The summed E-state index contributed by atoms with van der Waals surface area (Å²) in [4.78, 5) is 28.9. The molecular formula is C26H20N4O2. The quantitative estimate of drug-likeness (QED) is 0.544. The van der Waals surface area contributed by atoms with Gasteiger partial charge >= 0.3 is 0 Å². The van der Waals surface area contributed by atoms with Gasteiger partial charge in [0.2, 0.25) is 11.8 Å². The van der Waals surface area contributed by atoms with Crippen molar-refractivity contribution >= 4 is 23.3 Å². The van der Waals surface area contributed by atoms with Crippen LogP contribution in [-0.4, -0.2) is 21.6 Å². The average Bonchev–Trinajstić information content (AvgIpc) is 3.35. The number of amides is 2. The molecule has 6 heteroatoms. The number of para-hydroxylation sites is 2. The maximum atomic E-state index is 14.1. The van der Waals surface area contributed by atoms with E-state index in [9.17, 15) is 9.59 Å². The lowest BCUT2D eigenvalue weighted by atomic mass is 9.72. The monoisotopic (exact) mass is 420 g/mol. The minimum Gasteiger partial charge on any atom is -0.310 e. The minimum atomic E-state index is -1.09. The number of anilines is 2. The van der Waals surface area contributed by atoms with Crippen molar-refractivity contribution in [3.63, 3.8) is 0 Å². The SMILES string of the molecule is O=C1C[C@]2(C(=O)N(Cc3ccccc3)c3ccccc32)c2cnn(-c3ccccc3)c2N1. The molecule has 4 aromatic rings. The Hall–Kier alpha value is -4.19. The molecule has 156 valence electrons. The Morgan fingerprint density at radius 1 is 0.844 bits per heavy atom. The van der Waals surface area contributed by atoms with Crippen molar-refractivity contribution in [2.24, 2.45) is 0 Å². The van der Waals surface area contributed by atoms with Crippen LogP contribution in [0.2, 0.25) is 0 Å². The van der Waals surface area contributed by atoms with Crippen molar-refractivity contribution in [3.8, 4) is 5.69 Å². The number of rotatable bonds is 3. The van der Waals surface area contributed by atoms with Gasteiger partial charge in [-0.3, -0.25) is 9.59 Å². The Balaban J connectivity index is 1.54. The lowest BCUT2D eigenvalue weighted by molar-refractivity contribution is -0.126. The molecule has 6 nitrogen and oxygen atoms in total. The van der Waals surface area contributed by atoms with Gasteiger partial charge in [-0.15, -0.1) is 0 Å². The largest absolute Gasteiger partial charge is 0.310 e. The van der Waals surface area contributed by atoms with Crippen LogP contribution >= 0.6 is 0 Å². The van der Waals surface area contributed by atoms with E-state index >= 15 is 0 Å². The first-order valence-corrected chi connectivity index (χ1v) is 10.6. The molecule has 0 aliphatic carbocycles. The van der Waals surface area contributed by atoms with Crippen molar-refractivity contribution in [1.29, 1.82) is 0 Å². The van der Waals surface area contributed by atoms with E-state index < -0.39 is 5.41 Å². The standard InChI is InChI=1S/C26H20N4O2/c31-23-15-26(21-16-27-30(24(21)28-23)19-11-5-2-6-12-19)20-13-7-8-14-22(20)29(25(26)32)17-18-9-3-1-4-10-18/h1-14,16H,15,17H2,(H,28,31)/t26-/m1/s1. The van der Waals surface area contributed by atoms with Crippen LogP contribution < -0.4 is 10.2 Å². The predicted octanol–water partition coefficient (Wildman–Crippen LogP) is 4.05. The van der Waals surface area contributed by atoms with Crippen LogP contribution in [0.25, 0.3) is 5.69 Å². The maximum Gasteiger partial charge on any atom is 0.243 e. The summed E-state index contributed by atoms with van der Waals surface area (Å²) in [6.45, 7) is 0.447. The van der Waals surface area contributed by atoms with Gasteiger partial charge in [-0.25, -0.2) is 4.68 Å². The number of hydrogen-bond donors (Lipinski definition) is 1. The highest BCUT2D eigenvalue weighted by Gasteiger charge is 2.57. The average molecular weight is 420 g/mol. The Labute approximate surface area is 185 Å². The fraction of sp³-hybridized carbons (Fsp3) is 0.115. The zero-order valence-corrected chi connectivity index (χ0v) is 17.2. The summed E-state index contributed by atoms with van der Waals surface area (Å²) in [7, 11) is 0. The third-order valence-corrected chi connectivity index (χ3v) is 6.36. The molecule has 2 aliphatic heterocycles. The normalized spacial score (nSPS) is 19.1. The molecule has 6 rings (SSSR count). The fourth-order valence-electron chi connectivity index (χ4n) is 4.94. The van der Waals surface area contributed by atoms with Crippen LogP contribution in [0.3, 0.4) is 0 Å². The summed E-state index contributed by atoms with van der Waals surface area (Å²) >= 11 is 0. The van der Waals surface area contributed by atoms with Crippen molar-refractivity contribution in [2.75, 3.05) is 10.2 Å². The van der Waals surface area contributed by atoms with Crippen LogP contribution in [-0.2, 0) is 21.5 Å². The second-order valence-corrected chi connectivity index (χ2v) is 8.18. The van der Waals surface area contributed by atoms with Crippen LogP contribution in [0.5, 0.6) is 0 Å². The molecule has 2 aliphatic rings. The van der Waals surface area contributed by atoms with E-state index in [2.05, 4.69) is 10.4 Å². The smallest absolute Gasteiger partial charge is 0.243 e. The highest BCUT2D eigenvalue weighted by atomic mass is 16.2. The summed E-state index contributed by atoms with van der Waals surface area (Å²) in [5.74, 6) is 0.267. The van der Waals surface area contributed by atoms with Crippen molar-refractivity contribution < 1.29 is 9.59 Å². The number of aromatic nitrogens is 2. The van der Waals surface area contributed by atoms with Gasteiger partial charge in [0.25, 0.3) is 0 Å². The van der Waals surface area contributed by atoms with Crippen LogP contribution in [0.4, 0.5) is 11.5 Å². The van der Waals surface area contributed by atoms with E-state index in [1.807, 2.05) is 84.9 Å². The molecule has 0 fully saturated rings. The third-order valence-electron chi connectivity index (χ3n) is 6.36. The second-order valence-electron chi connectivity index (χ2n) is 8.18. The number of nitrogens with zero attached hydrogens (tertiary/aromatic N) is 3. The molecule has 2 amide bonds. The molecule has 0 unspecified atom stereocenters. The van der Waals surface area contributed by atoms with E-state index in [0.717, 1.165) is 28.1 Å². The highest BCUT2D eigenvalue weighted by molar-refractivity contribution is 6.15. The molecule has 3 heterocycles. The maximum absolute atomic E-state index is 14.1. The summed E-state index contributed by atoms with van der Waals surface area (Å²) in [5, 5.41) is 7.53. The van der Waals surface area contributed by atoms with E-state index in [4.69, 9.17) is 0 Å². The predicted molar refractivity (Wildman–Crippen MR) is 122 cm³/mol. The Kier molecular flexibility index (Phi) is 4.01. The number of hydrogen-bond acceptors (Lipinski definition) is 3. The summed E-state index contributed by atoms with van der Waals surface area (Å²) in [5.41, 5.74) is 3.20. The van der Waals surface area contributed by atoms with Crippen LogP contribution in [0.15, 0.2) is 91.1 Å². The zero-order chi connectivity index (χ0) is 21.7. The number of carbonyl (C=O) groups is 2. The molecule has 1 aromatic heterocycles. The van der Waals surface area contributed by atoms with Gasteiger partial charge in [0.1, 0.15) is 11.2 Å². The first-order valence-electron chi connectivity index (χ1n) is 10.6. The van der Waals surface area contributed by atoms with Crippen molar-refractivity contribution in [2.45, 2.75) is 18.4 Å². The second kappa shape index (κ2) is 6.92. The summed E-state index contributed by atoms with van der Waals surface area (Å²) in [6, 6.07) is 27.3. The molecule has 0 saturated heterocycles. The van der Waals surface area contributed by atoms with Crippen LogP contribution in [0.1, 0.15) is 23.1 Å². The van der Waals surface area contributed by atoms with Crippen molar-refractivity contribution in [1.82, 2.24) is 9.78 Å². The molecule has 1 atom stereocenters. The molecule has 0 bridgehead atoms. The van der Waals surface area contributed by atoms with Gasteiger partial charge < -0.3 is 10.2 Å². The number of fused-ring (bicyclic) bond motifs is 4. The van der Waals surface area contributed by atoms with Gasteiger partial charge in [-0.2, -0.15) is 5.10 Å². The lowest BCUT2D eigenvalue weighted by Crippen LogP contribution is -2.46. The van der Waals surface area contributed by atoms with E-state index in [1.54, 1.807) is 15.8 Å². The Morgan fingerprint density at radius 2 is 1.53 bits per heavy atom. The summed E-state index contributed by atoms with van der Waals surface area (Å²) in [6.07, 6.45) is 1.78. The number of nitrogens with one attached hydrogen (secondary N) is 1. The van der Waals surface area contributed by atoms with Gasteiger partial charge in [0.15, 0.2) is 0 Å². The highest BCUT2D eigenvalue weighted by Crippen LogP contribution is 2.52. The Morgan fingerprint density at radius 3 is 2.31 bits per heavy atom. The molecule has 1 N–H and O–H groups in total. The van der Waals surface area contributed by atoms with Crippen LogP contribution in [0, 0.1) is 0 Å².